The average molecular weight is 302 g/mol. The molecule has 7 heteroatoms. The number of sulfonamides is 1. The molecule has 1 rings (SSSR count). The van der Waals surface area contributed by atoms with Crippen molar-refractivity contribution < 1.29 is 17.6 Å². The van der Waals surface area contributed by atoms with Crippen LogP contribution in [0.5, 0.6) is 0 Å². The van der Waals surface area contributed by atoms with Crippen LogP contribution in [0.25, 0.3) is 0 Å². The Bertz CT molecular complexity index is 570. The van der Waals surface area contributed by atoms with Gasteiger partial charge in [0, 0.05) is 6.04 Å². The summed E-state index contributed by atoms with van der Waals surface area (Å²) >= 11 is 0. The van der Waals surface area contributed by atoms with Gasteiger partial charge in [-0.05, 0) is 45.0 Å². The van der Waals surface area contributed by atoms with E-state index in [1.165, 1.54) is 19.1 Å². The maximum absolute atomic E-state index is 12.9. The number of anilines is 1. The molecule has 0 aliphatic carbocycles. The molecule has 1 N–H and O–H groups in total. The van der Waals surface area contributed by atoms with Gasteiger partial charge in [-0.3, -0.25) is 9.10 Å². The second kappa shape index (κ2) is 6.21. The highest BCUT2D eigenvalue weighted by Gasteiger charge is 2.29. The molecule has 0 heterocycles. The van der Waals surface area contributed by atoms with E-state index in [0.717, 1.165) is 22.7 Å². The van der Waals surface area contributed by atoms with Gasteiger partial charge in [-0.2, -0.15) is 0 Å². The normalized spacial score (nSPS) is 13.1. The summed E-state index contributed by atoms with van der Waals surface area (Å²) in [6.07, 6.45) is 1.01. The van der Waals surface area contributed by atoms with Crippen molar-refractivity contribution in [1.82, 2.24) is 5.32 Å². The summed E-state index contributed by atoms with van der Waals surface area (Å²) in [4.78, 5) is 12.0. The largest absolute Gasteiger partial charge is 0.352 e. The van der Waals surface area contributed by atoms with Crippen LogP contribution in [0.15, 0.2) is 24.3 Å². The van der Waals surface area contributed by atoms with Gasteiger partial charge < -0.3 is 5.32 Å². The topological polar surface area (TPSA) is 66.5 Å². The molecular weight excluding hydrogens is 283 g/mol. The third kappa shape index (κ3) is 4.19. The molecule has 0 spiro atoms. The quantitative estimate of drug-likeness (QED) is 0.896. The predicted molar refractivity (Wildman–Crippen MR) is 76.5 cm³/mol. The van der Waals surface area contributed by atoms with E-state index in [4.69, 9.17) is 0 Å². The van der Waals surface area contributed by atoms with Crippen molar-refractivity contribution in [1.29, 1.82) is 0 Å². The molecule has 0 aliphatic rings. The Balaban J connectivity index is 3.14. The van der Waals surface area contributed by atoms with Crippen LogP contribution in [0.3, 0.4) is 0 Å². The lowest BCUT2D eigenvalue weighted by Gasteiger charge is -2.28. The van der Waals surface area contributed by atoms with Crippen LogP contribution < -0.4 is 9.62 Å². The lowest BCUT2D eigenvalue weighted by molar-refractivity contribution is -0.122. The van der Waals surface area contributed by atoms with E-state index >= 15 is 0 Å². The molecule has 0 saturated carbocycles. The van der Waals surface area contributed by atoms with Crippen LogP contribution in [0, 0.1) is 5.82 Å². The first kappa shape index (κ1) is 16.4. The highest BCUT2D eigenvalue weighted by molar-refractivity contribution is 7.92. The van der Waals surface area contributed by atoms with Crippen LogP contribution >= 0.6 is 0 Å². The van der Waals surface area contributed by atoms with Crippen molar-refractivity contribution in [3.8, 4) is 0 Å². The summed E-state index contributed by atoms with van der Waals surface area (Å²) in [5, 5.41) is 2.66. The van der Waals surface area contributed by atoms with E-state index in [9.17, 15) is 17.6 Å². The second-order valence-electron chi connectivity index (χ2n) is 4.87. The van der Waals surface area contributed by atoms with Gasteiger partial charge in [0.25, 0.3) is 0 Å². The van der Waals surface area contributed by atoms with E-state index in [1.807, 2.05) is 0 Å². The van der Waals surface area contributed by atoms with Crippen LogP contribution in [0.2, 0.25) is 0 Å². The van der Waals surface area contributed by atoms with Gasteiger partial charge in [-0.15, -0.1) is 0 Å². The number of benzene rings is 1. The molecule has 1 atom stereocenters. The summed E-state index contributed by atoms with van der Waals surface area (Å²) < 4.78 is 37.7. The van der Waals surface area contributed by atoms with Crippen molar-refractivity contribution in [2.75, 3.05) is 10.6 Å². The number of halogens is 1. The zero-order valence-electron chi connectivity index (χ0n) is 11.9. The SMILES string of the molecule is CC(C)NC(=O)[C@@H](C)N(c1ccc(F)cc1)S(C)(=O)=O. The molecule has 0 radical (unpaired) electrons. The molecule has 20 heavy (non-hydrogen) atoms. The number of hydrogen-bond donors (Lipinski definition) is 1. The van der Waals surface area contributed by atoms with E-state index in [2.05, 4.69) is 5.32 Å². The predicted octanol–water partition coefficient (Wildman–Crippen LogP) is 1.50. The van der Waals surface area contributed by atoms with Crippen molar-refractivity contribution in [3.63, 3.8) is 0 Å². The van der Waals surface area contributed by atoms with Crippen molar-refractivity contribution in [2.45, 2.75) is 32.9 Å². The molecule has 0 unspecified atom stereocenters. The van der Waals surface area contributed by atoms with Crippen molar-refractivity contribution in [3.05, 3.63) is 30.1 Å². The lowest BCUT2D eigenvalue weighted by atomic mass is 10.2. The van der Waals surface area contributed by atoms with Gasteiger partial charge in [-0.1, -0.05) is 0 Å². The van der Waals surface area contributed by atoms with E-state index in [-0.39, 0.29) is 11.7 Å². The molecule has 0 fully saturated rings. The third-order valence-electron chi connectivity index (χ3n) is 2.60. The molecule has 1 aromatic carbocycles. The zero-order chi connectivity index (χ0) is 15.5. The summed E-state index contributed by atoms with van der Waals surface area (Å²) in [5.41, 5.74) is 0.250. The molecule has 1 aromatic rings. The smallest absolute Gasteiger partial charge is 0.243 e. The Morgan fingerprint density at radius 1 is 1.20 bits per heavy atom. The van der Waals surface area contributed by atoms with Crippen LogP contribution in [-0.4, -0.2) is 32.7 Å². The summed E-state index contributed by atoms with van der Waals surface area (Å²) in [6.45, 7) is 5.06. The summed E-state index contributed by atoms with van der Waals surface area (Å²) in [5.74, 6) is -0.878. The van der Waals surface area contributed by atoms with Crippen LogP contribution in [0.4, 0.5) is 10.1 Å². The molecule has 0 bridgehead atoms. The maximum Gasteiger partial charge on any atom is 0.243 e. The monoisotopic (exact) mass is 302 g/mol. The Hall–Kier alpha value is -1.63. The number of rotatable bonds is 5. The first-order valence-corrected chi connectivity index (χ1v) is 8.03. The molecule has 1 amide bonds. The highest BCUT2D eigenvalue weighted by Crippen LogP contribution is 2.21. The number of carbonyl (C=O) groups excluding carboxylic acids is 1. The first-order chi connectivity index (χ1) is 9.12. The Morgan fingerprint density at radius 2 is 1.70 bits per heavy atom. The minimum absolute atomic E-state index is 0.0976. The van der Waals surface area contributed by atoms with Gasteiger partial charge in [0.15, 0.2) is 0 Å². The Labute approximate surface area is 118 Å². The Morgan fingerprint density at radius 3 is 2.10 bits per heavy atom. The molecule has 0 aromatic heterocycles. The number of amides is 1. The van der Waals surface area contributed by atoms with E-state index in [1.54, 1.807) is 13.8 Å². The molecule has 0 aliphatic heterocycles. The van der Waals surface area contributed by atoms with Gasteiger partial charge in [0.2, 0.25) is 15.9 Å². The minimum atomic E-state index is -3.66. The number of nitrogens with zero attached hydrogens (tertiary/aromatic N) is 1. The summed E-state index contributed by atoms with van der Waals surface area (Å²) in [6, 6.07) is 3.95. The van der Waals surface area contributed by atoms with E-state index in [0.29, 0.717) is 0 Å². The zero-order valence-corrected chi connectivity index (χ0v) is 12.7. The lowest BCUT2D eigenvalue weighted by Crippen LogP contribution is -2.49. The molecule has 0 saturated heterocycles. The van der Waals surface area contributed by atoms with Crippen LogP contribution in [0.1, 0.15) is 20.8 Å². The van der Waals surface area contributed by atoms with Gasteiger partial charge in [0.05, 0.1) is 11.9 Å². The fraction of sp³-hybridized carbons (Fsp3) is 0.462. The van der Waals surface area contributed by atoms with Crippen LogP contribution in [-0.2, 0) is 14.8 Å². The number of nitrogens with one attached hydrogen (secondary N) is 1. The molecular formula is C13H19FN2O3S. The standard InChI is InChI=1S/C13H19FN2O3S/c1-9(2)15-13(17)10(3)16(20(4,18)19)12-7-5-11(14)6-8-12/h5-10H,1-4H3,(H,15,17)/t10-/m1/s1. The van der Waals surface area contributed by atoms with E-state index < -0.39 is 27.8 Å². The first-order valence-electron chi connectivity index (χ1n) is 6.18. The second-order valence-corrected chi connectivity index (χ2v) is 6.73. The van der Waals surface area contributed by atoms with Crippen molar-refractivity contribution in [2.24, 2.45) is 0 Å². The number of hydrogen-bond acceptors (Lipinski definition) is 3. The summed E-state index contributed by atoms with van der Waals surface area (Å²) in [7, 11) is -3.66. The third-order valence-corrected chi connectivity index (χ3v) is 3.84. The average Bonchev–Trinajstić information content (AvgIpc) is 2.29. The fourth-order valence-corrected chi connectivity index (χ4v) is 2.98. The fourth-order valence-electron chi connectivity index (χ4n) is 1.80. The highest BCUT2D eigenvalue weighted by atomic mass is 32.2. The van der Waals surface area contributed by atoms with Gasteiger partial charge >= 0.3 is 0 Å². The molecule has 112 valence electrons. The van der Waals surface area contributed by atoms with Crippen molar-refractivity contribution >= 4 is 21.6 Å². The minimum Gasteiger partial charge on any atom is -0.352 e. The number of carbonyl (C=O) groups is 1. The maximum atomic E-state index is 12.9. The van der Waals surface area contributed by atoms with Gasteiger partial charge in [-0.25, -0.2) is 12.8 Å². The Kier molecular flexibility index (Phi) is 5.10. The van der Waals surface area contributed by atoms with Gasteiger partial charge in [0.1, 0.15) is 11.9 Å². The molecule has 5 nitrogen and oxygen atoms in total.